The van der Waals surface area contributed by atoms with E-state index in [-0.39, 0.29) is 4.47 Å². The predicted octanol–water partition coefficient (Wildman–Crippen LogP) is 5.08. The lowest BCUT2D eigenvalue weighted by Gasteiger charge is -2.20. The second kappa shape index (κ2) is 5.87. The minimum absolute atomic E-state index is 0.208. The van der Waals surface area contributed by atoms with E-state index in [2.05, 4.69) is 27.3 Å². The Morgan fingerprint density at radius 2 is 1.90 bits per heavy atom. The maximum absolute atomic E-state index is 14.3. The Balaban J connectivity index is 1.98. The van der Waals surface area contributed by atoms with Gasteiger partial charge in [-0.15, -0.1) is 0 Å². The number of anilines is 2. The predicted molar refractivity (Wildman–Crippen MR) is 85.2 cm³/mol. The molecule has 1 aliphatic carbocycles. The summed E-state index contributed by atoms with van der Waals surface area (Å²) in [5.41, 5.74) is 4.28. The van der Waals surface area contributed by atoms with Gasteiger partial charge in [0.2, 0.25) is 0 Å². The van der Waals surface area contributed by atoms with Crippen molar-refractivity contribution in [3.8, 4) is 6.07 Å². The van der Waals surface area contributed by atoms with Gasteiger partial charge in [0, 0.05) is 5.69 Å². The molecule has 1 aliphatic rings. The Labute approximate surface area is 131 Å². The molecule has 0 saturated heterocycles. The smallest absolute Gasteiger partial charge is 0.162 e. The van der Waals surface area contributed by atoms with Gasteiger partial charge in [0.25, 0.3) is 0 Å². The van der Waals surface area contributed by atoms with Crippen LogP contribution in [0.1, 0.15) is 29.5 Å². The van der Waals surface area contributed by atoms with E-state index in [1.807, 2.05) is 18.2 Å². The molecule has 0 aliphatic heterocycles. The summed E-state index contributed by atoms with van der Waals surface area (Å²) < 4.78 is 14.5. The zero-order chi connectivity index (χ0) is 14.8. The lowest BCUT2D eigenvalue weighted by atomic mass is 9.90. The summed E-state index contributed by atoms with van der Waals surface area (Å²) >= 11 is 3.14. The first-order chi connectivity index (χ1) is 10.2. The summed E-state index contributed by atoms with van der Waals surface area (Å²) in [5, 5.41) is 12.1. The van der Waals surface area contributed by atoms with Gasteiger partial charge in [-0.25, -0.2) is 4.39 Å². The van der Waals surface area contributed by atoms with Crippen LogP contribution in [-0.2, 0) is 12.8 Å². The molecule has 2 aromatic rings. The highest BCUT2D eigenvalue weighted by Crippen LogP contribution is 2.33. The molecule has 2 nitrogen and oxygen atoms in total. The Morgan fingerprint density at radius 3 is 2.71 bits per heavy atom. The van der Waals surface area contributed by atoms with Gasteiger partial charge in [-0.3, -0.25) is 0 Å². The average molecular weight is 345 g/mol. The van der Waals surface area contributed by atoms with Gasteiger partial charge in [0.1, 0.15) is 6.07 Å². The van der Waals surface area contributed by atoms with Crippen molar-refractivity contribution in [2.75, 3.05) is 5.32 Å². The van der Waals surface area contributed by atoms with E-state index in [9.17, 15) is 4.39 Å². The molecule has 0 fully saturated rings. The highest BCUT2D eigenvalue weighted by Gasteiger charge is 2.15. The van der Waals surface area contributed by atoms with Crippen molar-refractivity contribution >= 4 is 27.3 Å². The zero-order valence-electron chi connectivity index (χ0n) is 11.4. The maximum atomic E-state index is 14.3. The van der Waals surface area contributed by atoms with E-state index >= 15 is 0 Å². The van der Waals surface area contributed by atoms with Crippen LogP contribution in [0.2, 0.25) is 0 Å². The van der Waals surface area contributed by atoms with Crippen molar-refractivity contribution in [3.05, 3.63) is 57.3 Å². The number of benzene rings is 2. The summed E-state index contributed by atoms with van der Waals surface area (Å²) in [6.07, 6.45) is 4.50. The summed E-state index contributed by atoms with van der Waals surface area (Å²) in [4.78, 5) is 0. The van der Waals surface area contributed by atoms with Crippen LogP contribution >= 0.6 is 15.9 Å². The quantitative estimate of drug-likeness (QED) is 0.824. The first kappa shape index (κ1) is 14.1. The summed E-state index contributed by atoms with van der Waals surface area (Å²) in [6.45, 7) is 0. The first-order valence-electron chi connectivity index (χ1n) is 6.96. The number of halogens is 2. The molecule has 0 spiro atoms. The number of nitrogens with one attached hydrogen (secondary N) is 1. The van der Waals surface area contributed by atoms with Crippen LogP contribution in [-0.4, -0.2) is 0 Å². The molecule has 0 saturated carbocycles. The van der Waals surface area contributed by atoms with E-state index < -0.39 is 5.82 Å². The third kappa shape index (κ3) is 2.66. The third-order valence-electron chi connectivity index (χ3n) is 3.87. The molecule has 0 atom stereocenters. The number of nitriles is 1. The molecule has 0 aromatic heterocycles. The number of hydrogen-bond donors (Lipinski definition) is 1. The maximum Gasteiger partial charge on any atom is 0.162 e. The number of hydrogen-bond acceptors (Lipinski definition) is 2. The zero-order valence-corrected chi connectivity index (χ0v) is 13.0. The number of nitrogens with zero attached hydrogens (tertiary/aromatic N) is 1. The fourth-order valence-corrected chi connectivity index (χ4v) is 3.21. The van der Waals surface area contributed by atoms with E-state index in [0.29, 0.717) is 11.3 Å². The van der Waals surface area contributed by atoms with E-state index in [0.717, 1.165) is 18.5 Å². The minimum atomic E-state index is -0.428. The molecule has 0 radical (unpaired) electrons. The molecule has 0 unspecified atom stereocenters. The number of rotatable bonds is 2. The molecular formula is C17H14BrFN2. The monoisotopic (exact) mass is 344 g/mol. The van der Waals surface area contributed by atoms with Crippen LogP contribution in [0.4, 0.5) is 15.8 Å². The molecule has 21 heavy (non-hydrogen) atoms. The molecular weight excluding hydrogens is 331 g/mol. The summed E-state index contributed by atoms with van der Waals surface area (Å²) in [6, 6.07) is 11.3. The van der Waals surface area contributed by atoms with E-state index in [1.165, 1.54) is 24.0 Å². The molecule has 0 heterocycles. The average Bonchev–Trinajstić information content (AvgIpc) is 2.52. The van der Waals surface area contributed by atoms with E-state index in [4.69, 9.17) is 5.26 Å². The molecule has 4 heteroatoms. The SMILES string of the molecule is N#Cc1ccc(Nc2cccc3c2CCCC3)c(F)c1Br. The van der Waals surface area contributed by atoms with Crippen LogP contribution in [0.5, 0.6) is 0 Å². The topological polar surface area (TPSA) is 35.8 Å². The summed E-state index contributed by atoms with van der Waals surface area (Å²) in [5.74, 6) is -0.428. The molecule has 0 amide bonds. The van der Waals surface area contributed by atoms with Crippen molar-refractivity contribution in [2.24, 2.45) is 0 Å². The van der Waals surface area contributed by atoms with Gasteiger partial charge < -0.3 is 5.32 Å². The van der Waals surface area contributed by atoms with Crippen molar-refractivity contribution in [1.29, 1.82) is 5.26 Å². The summed E-state index contributed by atoms with van der Waals surface area (Å²) in [7, 11) is 0. The van der Waals surface area contributed by atoms with Crippen LogP contribution in [0.3, 0.4) is 0 Å². The Bertz CT molecular complexity index is 734. The van der Waals surface area contributed by atoms with Gasteiger partial charge >= 0.3 is 0 Å². The van der Waals surface area contributed by atoms with Gasteiger partial charge in [-0.2, -0.15) is 5.26 Å². The van der Waals surface area contributed by atoms with Crippen molar-refractivity contribution in [1.82, 2.24) is 0 Å². The highest BCUT2D eigenvalue weighted by molar-refractivity contribution is 9.10. The number of aryl methyl sites for hydroxylation is 1. The van der Waals surface area contributed by atoms with Crippen LogP contribution in [0.25, 0.3) is 0 Å². The second-order valence-electron chi connectivity index (χ2n) is 5.18. The number of fused-ring (bicyclic) bond motifs is 1. The van der Waals surface area contributed by atoms with Crippen molar-refractivity contribution < 1.29 is 4.39 Å². The Hall–Kier alpha value is -1.86. The Morgan fingerprint density at radius 1 is 1.10 bits per heavy atom. The van der Waals surface area contributed by atoms with Gasteiger partial charge in [0.05, 0.1) is 15.7 Å². The molecule has 2 aromatic carbocycles. The van der Waals surface area contributed by atoms with Crippen molar-refractivity contribution in [3.63, 3.8) is 0 Å². The molecule has 1 N–H and O–H groups in total. The van der Waals surface area contributed by atoms with Gasteiger partial charge in [0.15, 0.2) is 5.82 Å². The molecule has 0 bridgehead atoms. The lowest BCUT2D eigenvalue weighted by Crippen LogP contribution is -2.06. The fourth-order valence-electron chi connectivity index (χ4n) is 2.78. The third-order valence-corrected chi connectivity index (χ3v) is 4.64. The van der Waals surface area contributed by atoms with Gasteiger partial charge in [-0.05, 0) is 70.9 Å². The standard InChI is InChI=1S/C17H14BrFN2/c18-16-12(10-20)8-9-15(17(16)19)21-14-7-3-5-11-4-1-2-6-13(11)14/h3,5,7-9,21H,1-2,4,6H2. The fraction of sp³-hybridized carbons (Fsp3) is 0.235. The normalized spacial score (nSPS) is 13.4. The first-order valence-corrected chi connectivity index (χ1v) is 7.76. The van der Waals surface area contributed by atoms with E-state index in [1.54, 1.807) is 12.1 Å². The van der Waals surface area contributed by atoms with Crippen LogP contribution < -0.4 is 5.32 Å². The second-order valence-corrected chi connectivity index (χ2v) is 5.97. The minimum Gasteiger partial charge on any atom is -0.353 e. The Kier molecular flexibility index (Phi) is 3.94. The van der Waals surface area contributed by atoms with Gasteiger partial charge in [-0.1, -0.05) is 12.1 Å². The van der Waals surface area contributed by atoms with Crippen LogP contribution in [0.15, 0.2) is 34.8 Å². The largest absolute Gasteiger partial charge is 0.353 e. The highest BCUT2D eigenvalue weighted by atomic mass is 79.9. The molecule has 106 valence electrons. The van der Waals surface area contributed by atoms with Crippen LogP contribution in [0, 0.1) is 17.1 Å². The van der Waals surface area contributed by atoms with Crippen molar-refractivity contribution in [2.45, 2.75) is 25.7 Å². The molecule has 3 rings (SSSR count). The lowest BCUT2D eigenvalue weighted by molar-refractivity contribution is 0.624.